The maximum Gasteiger partial charge on any atom is 0.417 e. The number of allylic oxidation sites excluding steroid dienone is 1. The minimum atomic E-state index is -1.05. The van der Waals surface area contributed by atoms with Gasteiger partial charge in [0.2, 0.25) is 5.91 Å². The van der Waals surface area contributed by atoms with E-state index in [1.807, 2.05) is 44.2 Å². The van der Waals surface area contributed by atoms with E-state index in [9.17, 15) is 19.5 Å². The summed E-state index contributed by atoms with van der Waals surface area (Å²) in [5.41, 5.74) is 0.184. The zero-order chi connectivity index (χ0) is 27.9. The summed E-state index contributed by atoms with van der Waals surface area (Å²) >= 11 is 0. The number of rotatable bonds is 12. The van der Waals surface area contributed by atoms with Gasteiger partial charge < -0.3 is 24.1 Å². The third-order valence-electron chi connectivity index (χ3n) is 6.65. The minimum Gasteiger partial charge on any atom is -0.482 e. The van der Waals surface area contributed by atoms with E-state index in [0.29, 0.717) is 25.4 Å². The molecule has 38 heavy (non-hydrogen) atoms. The number of amides is 2. The number of aliphatic hydroxyl groups is 1. The van der Waals surface area contributed by atoms with Gasteiger partial charge in [0, 0.05) is 0 Å². The summed E-state index contributed by atoms with van der Waals surface area (Å²) in [7, 11) is 0. The number of nitrogens with zero attached hydrogens (tertiary/aromatic N) is 1. The van der Waals surface area contributed by atoms with Crippen LogP contribution in [0.25, 0.3) is 0 Å². The fraction of sp³-hybridized carbons (Fsp3) is 0.552. The minimum absolute atomic E-state index is 0.0277. The van der Waals surface area contributed by atoms with Gasteiger partial charge in [-0.1, -0.05) is 44.2 Å². The van der Waals surface area contributed by atoms with Crippen molar-refractivity contribution >= 4 is 17.8 Å². The molecule has 2 heterocycles. The third-order valence-corrected chi connectivity index (χ3v) is 6.65. The Labute approximate surface area is 224 Å². The van der Waals surface area contributed by atoms with Gasteiger partial charge in [-0.15, -0.1) is 0 Å². The van der Waals surface area contributed by atoms with Crippen molar-refractivity contribution in [3.8, 4) is 0 Å². The van der Waals surface area contributed by atoms with Crippen molar-refractivity contribution in [2.75, 3.05) is 19.8 Å². The quantitative estimate of drug-likeness (QED) is 0.407. The fourth-order valence-electron chi connectivity index (χ4n) is 4.84. The van der Waals surface area contributed by atoms with Crippen molar-refractivity contribution in [3.63, 3.8) is 0 Å². The Morgan fingerprint density at radius 2 is 1.87 bits per heavy atom. The molecule has 208 valence electrons. The highest BCUT2D eigenvalue weighted by molar-refractivity contribution is 6.02. The number of imide groups is 1. The van der Waals surface area contributed by atoms with Crippen LogP contribution in [0.3, 0.4) is 0 Å². The van der Waals surface area contributed by atoms with E-state index < -0.39 is 41.8 Å². The Bertz CT molecular complexity index is 1030. The summed E-state index contributed by atoms with van der Waals surface area (Å²) in [6.07, 6.45) is 3.01. The molecule has 0 radical (unpaired) electrons. The first-order valence-corrected chi connectivity index (χ1v) is 13.0. The number of carbonyl (C=O) groups is 3. The van der Waals surface area contributed by atoms with Gasteiger partial charge in [-0.3, -0.25) is 9.59 Å². The number of hydrogen-bond donors (Lipinski definition) is 1. The van der Waals surface area contributed by atoms with E-state index in [4.69, 9.17) is 18.9 Å². The Balaban J connectivity index is 1.51. The van der Waals surface area contributed by atoms with Gasteiger partial charge in [0.1, 0.15) is 17.5 Å². The Kier molecular flexibility index (Phi) is 10.2. The lowest BCUT2D eigenvalue weighted by Gasteiger charge is -2.33. The van der Waals surface area contributed by atoms with Crippen molar-refractivity contribution < 1.29 is 38.4 Å². The molecule has 0 aromatic heterocycles. The molecule has 1 aromatic carbocycles. The molecule has 1 N–H and O–H groups in total. The van der Waals surface area contributed by atoms with Crippen molar-refractivity contribution in [2.24, 2.45) is 11.8 Å². The fourth-order valence-corrected chi connectivity index (χ4v) is 4.84. The molecule has 0 bridgehead atoms. The highest BCUT2D eigenvalue weighted by atomic mass is 16.6. The first-order chi connectivity index (χ1) is 18.0. The molecule has 4 atom stereocenters. The van der Waals surface area contributed by atoms with Gasteiger partial charge in [0.15, 0.2) is 11.9 Å². The second-order valence-corrected chi connectivity index (χ2v) is 10.5. The van der Waals surface area contributed by atoms with Crippen LogP contribution in [0.2, 0.25) is 0 Å². The molecule has 0 saturated carbocycles. The monoisotopic (exact) mass is 529 g/mol. The lowest BCUT2D eigenvalue weighted by molar-refractivity contribution is -0.143. The molecular weight excluding hydrogens is 490 g/mol. The average molecular weight is 530 g/mol. The van der Waals surface area contributed by atoms with Crippen LogP contribution in [0.4, 0.5) is 4.79 Å². The van der Waals surface area contributed by atoms with Crippen LogP contribution >= 0.6 is 0 Å². The smallest absolute Gasteiger partial charge is 0.417 e. The zero-order valence-corrected chi connectivity index (χ0v) is 22.8. The molecular formula is C29H39NO8. The number of hydrogen-bond acceptors (Lipinski definition) is 8. The topological polar surface area (TPSA) is 112 Å². The first kappa shape index (κ1) is 29.5. The molecule has 1 aromatic rings. The summed E-state index contributed by atoms with van der Waals surface area (Å²) in [6.45, 7) is 9.80. The number of cyclic esters (lactones) is 1. The van der Waals surface area contributed by atoms with Crippen LogP contribution in [0.5, 0.6) is 0 Å². The summed E-state index contributed by atoms with van der Waals surface area (Å²) in [5, 5.41) is 9.55. The third kappa shape index (κ3) is 7.30. The largest absolute Gasteiger partial charge is 0.482 e. The molecule has 0 aliphatic carbocycles. The van der Waals surface area contributed by atoms with Gasteiger partial charge in [-0.25, -0.2) is 9.69 Å². The first-order valence-electron chi connectivity index (χ1n) is 13.0. The van der Waals surface area contributed by atoms with E-state index in [0.717, 1.165) is 10.5 Å². The number of ketones is 1. The lowest BCUT2D eigenvalue weighted by Crippen LogP contribution is -2.52. The Hall–Kier alpha value is -3.01. The van der Waals surface area contributed by atoms with Crippen molar-refractivity contribution in [1.29, 1.82) is 0 Å². The van der Waals surface area contributed by atoms with E-state index in [1.165, 1.54) is 6.08 Å². The van der Waals surface area contributed by atoms with Crippen LogP contribution in [-0.4, -0.2) is 71.5 Å². The van der Waals surface area contributed by atoms with Gasteiger partial charge in [-0.2, -0.15) is 0 Å². The predicted octanol–water partition coefficient (Wildman–Crippen LogP) is 3.80. The standard InChI is InChI=1S/C29H39NO8/c1-19(2)26-29(4,5)38-28(34)30(26)27(33)20(3)25-24(32)14-13-22(37-25)12-9-15-35-18-23(16-31)36-17-21-10-7-6-8-11-21/h6-8,10-14,19-20,23,25-26,31H,9,15-18H2,1-5H3. The molecule has 2 aliphatic heterocycles. The molecule has 9 heteroatoms. The lowest BCUT2D eigenvalue weighted by atomic mass is 9.87. The average Bonchev–Trinajstić information content (AvgIpc) is 3.14. The second kappa shape index (κ2) is 13.2. The summed E-state index contributed by atoms with van der Waals surface area (Å²) in [5.74, 6) is -1.31. The maximum absolute atomic E-state index is 13.3. The van der Waals surface area contributed by atoms with Gasteiger partial charge in [-0.05, 0) is 56.9 Å². The Morgan fingerprint density at radius 3 is 2.53 bits per heavy atom. The van der Waals surface area contributed by atoms with E-state index in [2.05, 4.69) is 0 Å². The van der Waals surface area contributed by atoms with Gasteiger partial charge in [0.05, 0.1) is 38.4 Å². The van der Waals surface area contributed by atoms with Crippen molar-refractivity contribution in [2.45, 2.75) is 71.5 Å². The SMILES string of the molecule is CC(C)C1N(C(=O)C(C)C2OC(=CCCOCC(CO)OCc3ccccc3)C=CC2=O)C(=O)OC1(C)C. The predicted molar refractivity (Wildman–Crippen MR) is 140 cm³/mol. The van der Waals surface area contributed by atoms with Crippen LogP contribution in [0, 0.1) is 11.8 Å². The van der Waals surface area contributed by atoms with Crippen LogP contribution in [0.15, 0.2) is 54.3 Å². The number of aliphatic hydroxyl groups excluding tert-OH is 1. The molecule has 1 fully saturated rings. The molecule has 9 nitrogen and oxygen atoms in total. The summed E-state index contributed by atoms with van der Waals surface area (Å²) in [4.78, 5) is 39.6. The van der Waals surface area contributed by atoms with E-state index in [1.54, 1.807) is 32.9 Å². The van der Waals surface area contributed by atoms with Gasteiger partial charge in [0.25, 0.3) is 0 Å². The van der Waals surface area contributed by atoms with Crippen LogP contribution in [-0.2, 0) is 35.1 Å². The van der Waals surface area contributed by atoms with Crippen LogP contribution in [0.1, 0.15) is 46.6 Å². The normalized spacial score (nSPS) is 23.4. The molecule has 3 rings (SSSR count). The number of benzene rings is 1. The number of carbonyl (C=O) groups excluding carboxylic acids is 3. The van der Waals surface area contributed by atoms with Gasteiger partial charge >= 0.3 is 6.09 Å². The van der Waals surface area contributed by atoms with Crippen LogP contribution < -0.4 is 0 Å². The van der Waals surface area contributed by atoms with Crippen molar-refractivity contribution in [3.05, 3.63) is 59.9 Å². The van der Waals surface area contributed by atoms with E-state index in [-0.39, 0.29) is 24.9 Å². The molecule has 4 unspecified atom stereocenters. The van der Waals surface area contributed by atoms with Crippen molar-refractivity contribution in [1.82, 2.24) is 4.90 Å². The summed E-state index contributed by atoms with van der Waals surface area (Å²) in [6, 6.07) is 9.23. The molecule has 2 aliphatic rings. The second-order valence-electron chi connectivity index (χ2n) is 10.5. The number of ether oxygens (including phenoxy) is 4. The highest BCUT2D eigenvalue weighted by Crippen LogP contribution is 2.36. The Morgan fingerprint density at radius 1 is 1.16 bits per heavy atom. The molecule has 2 amide bonds. The highest BCUT2D eigenvalue weighted by Gasteiger charge is 2.53. The summed E-state index contributed by atoms with van der Waals surface area (Å²) < 4.78 is 22.7. The zero-order valence-electron chi connectivity index (χ0n) is 22.8. The van der Waals surface area contributed by atoms with E-state index >= 15 is 0 Å². The molecule has 0 spiro atoms. The molecule has 1 saturated heterocycles. The maximum atomic E-state index is 13.3.